The SMILES string of the molecule is CC(=O)CC([O-])=Nc1cc(S(=O)(=O)O)c(Cl)cc1C.[K+]. The van der Waals surface area contributed by atoms with E-state index >= 15 is 0 Å². The minimum absolute atomic E-state index is 0. The quantitative estimate of drug-likeness (QED) is 0.302. The fraction of sp³-hybridized carbons (Fsp3) is 0.273. The van der Waals surface area contributed by atoms with Gasteiger partial charge in [-0.3, -0.25) is 14.3 Å². The standard InChI is InChI=1S/C11H12ClNO5S.K/c1-6-3-8(12)10(19(16,17)18)5-9(6)13-11(15)4-7(2)14;/h3,5H,4H2,1-2H3,(H,13,15)(H,16,17,18);/q;+1/p-1. The van der Waals surface area contributed by atoms with Gasteiger partial charge in [0.25, 0.3) is 10.1 Å². The molecule has 1 rings (SSSR count). The Kier molecular flexibility index (Phi) is 8.07. The van der Waals surface area contributed by atoms with Crippen molar-refractivity contribution in [3.05, 3.63) is 22.7 Å². The van der Waals surface area contributed by atoms with E-state index in [1.165, 1.54) is 13.0 Å². The van der Waals surface area contributed by atoms with Crippen molar-refractivity contribution in [2.75, 3.05) is 0 Å². The second kappa shape index (κ2) is 7.99. The number of aliphatic imine (C=N–C) groups is 1. The van der Waals surface area contributed by atoms with Crippen molar-refractivity contribution in [2.45, 2.75) is 25.2 Å². The van der Waals surface area contributed by atoms with Crippen molar-refractivity contribution in [3.8, 4) is 0 Å². The van der Waals surface area contributed by atoms with Crippen molar-refractivity contribution in [2.24, 2.45) is 4.99 Å². The van der Waals surface area contributed by atoms with E-state index < -0.39 is 20.9 Å². The van der Waals surface area contributed by atoms with E-state index in [0.717, 1.165) is 6.07 Å². The molecule has 0 saturated carbocycles. The number of carbonyl (C=O) groups is 1. The molecule has 0 spiro atoms. The van der Waals surface area contributed by atoms with Gasteiger partial charge in [0.05, 0.1) is 10.7 Å². The molecule has 0 aliphatic heterocycles. The Balaban J connectivity index is 0.00000361. The molecule has 0 aliphatic rings. The molecule has 0 atom stereocenters. The third-order valence-corrected chi connectivity index (χ3v) is 3.49. The third kappa shape index (κ3) is 5.90. The Morgan fingerprint density at radius 2 is 2.00 bits per heavy atom. The number of Topliss-reactive ketones (excluding diaryl/α,β-unsaturated/α-hetero) is 1. The van der Waals surface area contributed by atoms with Crippen LogP contribution in [0.1, 0.15) is 18.9 Å². The van der Waals surface area contributed by atoms with Crippen molar-refractivity contribution in [1.82, 2.24) is 0 Å². The molecule has 20 heavy (non-hydrogen) atoms. The van der Waals surface area contributed by atoms with Crippen LogP contribution < -0.4 is 56.5 Å². The van der Waals surface area contributed by atoms with Crippen LogP contribution in [-0.2, 0) is 14.9 Å². The summed E-state index contributed by atoms with van der Waals surface area (Å²) in [7, 11) is -4.50. The molecule has 0 aliphatic carbocycles. The maximum absolute atomic E-state index is 11.4. The van der Waals surface area contributed by atoms with Crippen LogP contribution in [0, 0.1) is 6.92 Å². The Hall–Kier alpha value is 0.196. The van der Waals surface area contributed by atoms with Crippen LogP contribution >= 0.6 is 11.6 Å². The summed E-state index contributed by atoms with van der Waals surface area (Å²) < 4.78 is 31.1. The molecule has 0 heterocycles. The molecule has 0 radical (unpaired) electrons. The zero-order valence-electron chi connectivity index (χ0n) is 11.2. The first-order valence-electron chi connectivity index (χ1n) is 5.13. The van der Waals surface area contributed by atoms with Crippen LogP contribution in [0.15, 0.2) is 22.0 Å². The van der Waals surface area contributed by atoms with Crippen LogP contribution in [0.4, 0.5) is 5.69 Å². The number of hydrogen-bond donors (Lipinski definition) is 1. The van der Waals surface area contributed by atoms with Gasteiger partial charge in [0.15, 0.2) is 0 Å². The smallest absolute Gasteiger partial charge is 0.861 e. The van der Waals surface area contributed by atoms with Gasteiger partial charge in [-0.1, -0.05) is 11.6 Å². The van der Waals surface area contributed by atoms with Gasteiger partial charge in [-0.25, -0.2) is 0 Å². The van der Waals surface area contributed by atoms with Crippen LogP contribution in [0.25, 0.3) is 0 Å². The van der Waals surface area contributed by atoms with Crippen LogP contribution in [0.3, 0.4) is 0 Å². The summed E-state index contributed by atoms with van der Waals surface area (Å²) in [5.74, 6) is -1.05. The molecule has 1 aromatic rings. The first-order valence-corrected chi connectivity index (χ1v) is 6.94. The summed E-state index contributed by atoms with van der Waals surface area (Å²) in [6.45, 7) is 2.81. The van der Waals surface area contributed by atoms with Gasteiger partial charge in [0.1, 0.15) is 10.7 Å². The number of hydrogen-bond acceptors (Lipinski definition) is 5. The molecule has 104 valence electrons. The Labute approximate surface area is 164 Å². The van der Waals surface area contributed by atoms with E-state index in [4.69, 9.17) is 16.2 Å². The van der Waals surface area contributed by atoms with Gasteiger partial charge in [0, 0.05) is 6.42 Å². The minimum atomic E-state index is -4.50. The van der Waals surface area contributed by atoms with E-state index in [1.807, 2.05) is 0 Å². The molecule has 6 nitrogen and oxygen atoms in total. The number of halogens is 1. The van der Waals surface area contributed by atoms with E-state index in [2.05, 4.69) is 4.99 Å². The summed E-state index contributed by atoms with van der Waals surface area (Å²) in [5, 5.41) is 11.2. The van der Waals surface area contributed by atoms with Crippen LogP contribution in [-0.4, -0.2) is 24.7 Å². The normalized spacial score (nSPS) is 11.9. The minimum Gasteiger partial charge on any atom is -0.861 e. The first-order chi connectivity index (χ1) is 8.61. The summed E-state index contributed by atoms with van der Waals surface area (Å²) >= 11 is 5.69. The molecule has 1 N–H and O–H groups in total. The van der Waals surface area contributed by atoms with E-state index in [9.17, 15) is 18.3 Å². The number of carbonyl (C=O) groups excluding carboxylic acids is 1. The van der Waals surface area contributed by atoms with E-state index in [0.29, 0.717) is 5.56 Å². The number of ketones is 1. The summed E-state index contributed by atoms with van der Waals surface area (Å²) in [5.41, 5.74) is 0.498. The molecular weight excluding hydrogens is 333 g/mol. The van der Waals surface area contributed by atoms with Crippen LogP contribution in [0.2, 0.25) is 5.02 Å². The average Bonchev–Trinajstić information content (AvgIpc) is 2.18. The summed E-state index contributed by atoms with van der Waals surface area (Å²) in [4.78, 5) is 13.9. The van der Waals surface area contributed by atoms with Gasteiger partial charge in [0.2, 0.25) is 0 Å². The molecule has 0 bridgehead atoms. The predicted octanol–water partition coefficient (Wildman–Crippen LogP) is -1.73. The Morgan fingerprint density at radius 1 is 1.45 bits per heavy atom. The van der Waals surface area contributed by atoms with Gasteiger partial charge >= 0.3 is 51.4 Å². The Morgan fingerprint density at radius 3 is 2.45 bits per heavy atom. The summed E-state index contributed by atoms with van der Waals surface area (Å²) in [6.07, 6.45) is -0.372. The molecule has 0 unspecified atom stereocenters. The molecule has 9 heteroatoms. The molecule has 0 saturated heterocycles. The van der Waals surface area contributed by atoms with Crippen molar-refractivity contribution < 1.29 is 74.3 Å². The predicted molar refractivity (Wildman–Crippen MR) is 68.4 cm³/mol. The average molecular weight is 344 g/mol. The van der Waals surface area contributed by atoms with E-state index in [-0.39, 0.29) is 74.3 Å². The van der Waals surface area contributed by atoms with Gasteiger partial charge in [-0.05, 0) is 37.4 Å². The number of aryl methyl sites for hydroxylation is 1. The zero-order valence-corrected chi connectivity index (χ0v) is 15.9. The zero-order chi connectivity index (χ0) is 14.8. The second-order valence-electron chi connectivity index (χ2n) is 3.93. The number of benzene rings is 1. The molecule has 0 fully saturated rings. The van der Waals surface area contributed by atoms with Gasteiger partial charge in [-0.15, -0.1) is 0 Å². The van der Waals surface area contributed by atoms with Crippen molar-refractivity contribution >= 4 is 39.1 Å². The van der Waals surface area contributed by atoms with Crippen molar-refractivity contribution in [3.63, 3.8) is 0 Å². The molecule has 0 amide bonds. The second-order valence-corrected chi connectivity index (χ2v) is 5.73. The van der Waals surface area contributed by atoms with E-state index in [1.54, 1.807) is 6.92 Å². The largest absolute Gasteiger partial charge is 1.00 e. The summed E-state index contributed by atoms with van der Waals surface area (Å²) in [6, 6.07) is 2.26. The van der Waals surface area contributed by atoms with Crippen molar-refractivity contribution in [1.29, 1.82) is 0 Å². The monoisotopic (exact) mass is 343 g/mol. The van der Waals surface area contributed by atoms with Gasteiger partial charge in [-0.2, -0.15) is 8.42 Å². The van der Waals surface area contributed by atoms with Crippen LogP contribution in [0.5, 0.6) is 0 Å². The maximum atomic E-state index is 11.4. The Bertz CT molecular complexity index is 657. The third-order valence-electron chi connectivity index (χ3n) is 2.17. The van der Waals surface area contributed by atoms with Gasteiger partial charge < -0.3 is 5.11 Å². The number of rotatable bonds is 4. The fourth-order valence-electron chi connectivity index (χ4n) is 1.35. The topological polar surface area (TPSA) is 107 Å². The molecule has 1 aromatic carbocycles. The molecular formula is C11H11ClKNO5S. The maximum Gasteiger partial charge on any atom is 1.00 e. The first kappa shape index (κ1) is 20.2. The number of nitrogens with zero attached hydrogens (tertiary/aromatic N) is 1. The fourth-order valence-corrected chi connectivity index (χ4v) is 2.42. The molecule has 0 aromatic heterocycles.